The van der Waals surface area contributed by atoms with Crippen molar-refractivity contribution >= 4 is 11.9 Å². The summed E-state index contributed by atoms with van der Waals surface area (Å²) in [5.41, 5.74) is 0. The predicted molar refractivity (Wildman–Crippen MR) is 227 cm³/mol. The highest BCUT2D eigenvalue weighted by Crippen LogP contribution is 2.17. The van der Waals surface area contributed by atoms with Crippen molar-refractivity contribution < 1.29 is 24.5 Å². The Hall–Kier alpha value is -1.66. The number of hydrogen-bond donors (Lipinski definition) is 3. The lowest BCUT2D eigenvalue weighted by molar-refractivity contribution is -0.151. The zero-order chi connectivity index (χ0) is 38.9. The first-order valence-corrected chi connectivity index (χ1v) is 23.1. The standard InChI is InChI=1S/C47H89NO5/c1-4-7-10-13-16-19-21-23-24-27-29-32-35-38-43(53-47(52)40-37-34-31-28-25-22-20-17-14-11-8-5-2)41-46(51)48-44(42-49)45(50)39-36-33-30-26-18-15-12-9-6-3/h16,19,21,23,43-45,49-50H,4-15,17-18,20,22,24-42H2,1-3H3,(H,48,51)/b19-16+,23-21+. The van der Waals surface area contributed by atoms with Crippen molar-refractivity contribution in [3.8, 4) is 0 Å². The maximum atomic E-state index is 13.1. The van der Waals surface area contributed by atoms with E-state index in [1.807, 2.05) is 0 Å². The summed E-state index contributed by atoms with van der Waals surface area (Å²) >= 11 is 0. The Labute approximate surface area is 329 Å². The summed E-state index contributed by atoms with van der Waals surface area (Å²) in [6, 6.07) is -0.701. The third kappa shape index (κ3) is 37.1. The SMILES string of the molecule is CCCCC/C=C/C=C/CCCCCCC(CC(=O)NC(CO)C(O)CCCCCCCCCCC)OC(=O)CCCCCCCCCCCCCC. The zero-order valence-corrected chi connectivity index (χ0v) is 35.4. The highest BCUT2D eigenvalue weighted by Gasteiger charge is 2.24. The van der Waals surface area contributed by atoms with E-state index < -0.39 is 18.2 Å². The number of ether oxygens (including phenoxy) is 1. The van der Waals surface area contributed by atoms with Crippen molar-refractivity contribution in [2.75, 3.05) is 6.61 Å². The van der Waals surface area contributed by atoms with Gasteiger partial charge in [-0.1, -0.05) is 199 Å². The number of amides is 1. The van der Waals surface area contributed by atoms with Gasteiger partial charge in [-0.25, -0.2) is 0 Å². The molecule has 0 spiro atoms. The van der Waals surface area contributed by atoms with Gasteiger partial charge in [0.15, 0.2) is 0 Å². The molecule has 0 fully saturated rings. The van der Waals surface area contributed by atoms with Crippen molar-refractivity contribution in [3.05, 3.63) is 24.3 Å². The van der Waals surface area contributed by atoms with Crippen LogP contribution in [0.4, 0.5) is 0 Å². The van der Waals surface area contributed by atoms with Crippen LogP contribution < -0.4 is 5.32 Å². The molecule has 0 bridgehead atoms. The van der Waals surface area contributed by atoms with E-state index in [0.717, 1.165) is 77.0 Å². The molecule has 0 heterocycles. The Balaban J connectivity index is 4.62. The van der Waals surface area contributed by atoms with E-state index in [0.29, 0.717) is 19.3 Å². The third-order valence-electron chi connectivity index (χ3n) is 10.6. The first-order chi connectivity index (χ1) is 26.0. The van der Waals surface area contributed by atoms with Gasteiger partial charge in [-0.3, -0.25) is 9.59 Å². The maximum Gasteiger partial charge on any atom is 0.306 e. The Bertz CT molecular complexity index is 843. The average Bonchev–Trinajstić information content (AvgIpc) is 3.15. The van der Waals surface area contributed by atoms with Crippen molar-refractivity contribution in [1.29, 1.82) is 0 Å². The fraction of sp³-hybridized carbons (Fsp3) is 0.872. The molecule has 0 aliphatic carbocycles. The van der Waals surface area contributed by atoms with Crippen LogP contribution in [0.15, 0.2) is 24.3 Å². The normalized spacial score (nSPS) is 13.5. The van der Waals surface area contributed by atoms with Crippen LogP contribution in [0, 0.1) is 0 Å². The summed E-state index contributed by atoms with van der Waals surface area (Å²) in [5, 5.41) is 23.6. The molecule has 1 amide bonds. The maximum absolute atomic E-state index is 13.1. The van der Waals surface area contributed by atoms with Gasteiger partial charge in [0.25, 0.3) is 0 Å². The van der Waals surface area contributed by atoms with E-state index in [-0.39, 0.29) is 24.9 Å². The number of nitrogens with one attached hydrogen (secondary N) is 1. The van der Waals surface area contributed by atoms with E-state index in [1.165, 1.54) is 116 Å². The monoisotopic (exact) mass is 748 g/mol. The van der Waals surface area contributed by atoms with Gasteiger partial charge in [-0.05, 0) is 51.4 Å². The first-order valence-electron chi connectivity index (χ1n) is 23.1. The third-order valence-corrected chi connectivity index (χ3v) is 10.6. The Morgan fingerprint density at radius 1 is 0.547 bits per heavy atom. The molecule has 3 N–H and O–H groups in total. The Morgan fingerprint density at radius 3 is 1.43 bits per heavy atom. The number of allylic oxidation sites excluding steroid dienone is 4. The topological polar surface area (TPSA) is 95.9 Å². The van der Waals surface area contributed by atoms with Crippen LogP contribution >= 0.6 is 0 Å². The Morgan fingerprint density at radius 2 is 0.943 bits per heavy atom. The number of unbranched alkanes of at least 4 members (excludes halogenated alkanes) is 26. The summed E-state index contributed by atoms with van der Waals surface area (Å²) in [6.07, 6.45) is 45.2. The first kappa shape index (κ1) is 51.3. The number of carbonyl (C=O) groups is 2. The number of hydrogen-bond acceptors (Lipinski definition) is 5. The molecule has 53 heavy (non-hydrogen) atoms. The van der Waals surface area contributed by atoms with E-state index >= 15 is 0 Å². The van der Waals surface area contributed by atoms with E-state index in [4.69, 9.17) is 4.74 Å². The molecule has 312 valence electrons. The molecule has 0 aromatic rings. The number of carbonyl (C=O) groups excluding carboxylic acids is 2. The molecule has 3 atom stereocenters. The predicted octanol–water partition coefficient (Wildman–Crippen LogP) is 13.2. The molecule has 6 heteroatoms. The van der Waals surface area contributed by atoms with Gasteiger partial charge in [0.05, 0.1) is 25.2 Å². The van der Waals surface area contributed by atoms with Crippen LogP contribution in [0.25, 0.3) is 0 Å². The largest absolute Gasteiger partial charge is 0.462 e. The van der Waals surface area contributed by atoms with Crippen LogP contribution in [0.5, 0.6) is 0 Å². The quantitative estimate of drug-likeness (QED) is 0.0329. The summed E-state index contributed by atoms with van der Waals surface area (Å²) < 4.78 is 5.89. The lowest BCUT2D eigenvalue weighted by atomic mass is 10.0. The molecule has 0 aromatic heterocycles. The van der Waals surface area contributed by atoms with E-state index in [9.17, 15) is 19.8 Å². The fourth-order valence-corrected chi connectivity index (χ4v) is 7.01. The van der Waals surface area contributed by atoms with Gasteiger partial charge in [-0.15, -0.1) is 0 Å². The molecule has 0 aliphatic rings. The molecule has 6 nitrogen and oxygen atoms in total. The summed E-state index contributed by atoms with van der Waals surface area (Å²) in [6.45, 7) is 6.42. The molecular formula is C47H89NO5. The van der Waals surface area contributed by atoms with Crippen LogP contribution in [-0.2, 0) is 14.3 Å². The molecule has 0 aliphatic heterocycles. The zero-order valence-electron chi connectivity index (χ0n) is 35.4. The van der Waals surface area contributed by atoms with Gasteiger partial charge < -0.3 is 20.3 Å². The summed E-state index contributed by atoms with van der Waals surface area (Å²) in [7, 11) is 0. The van der Waals surface area contributed by atoms with Gasteiger partial charge in [-0.2, -0.15) is 0 Å². The minimum Gasteiger partial charge on any atom is -0.462 e. The highest BCUT2D eigenvalue weighted by molar-refractivity contribution is 5.77. The molecule has 0 radical (unpaired) electrons. The highest BCUT2D eigenvalue weighted by atomic mass is 16.5. The molecule has 3 unspecified atom stereocenters. The van der Waals surface area contributed by atoms with Crippen molar-refractivity contribution in [1.82, 2.24) is 5.32 Å². The van der Waals surface area contributed by atoms with Crippen LogP contribution in [-0.4, -0.2) is 46.9 Å². The second-order valence-electron chi connectivity index (χ2n) is 15.8. The second kappa shape index (κ2) is 41.5. The number of aliphatic hydroxyl groups excluding tert-OH is 2. The molecule has 0 saturated carbocycles. The lowest BCUT2D eigenvalue weighted by Gasteiger charge is -2.24. The van der Waals surface area contributed by atoms with Crippen molar-refractivity contribution in [2.45, 2.75) is 257 Å². The van der Waals surface area contributed by atoms with E-state index in [1.54, 1.807) is 0 Å². The molecule has 0 rings (SSSR count). The average molecular weight is 748 g/mol. The molecule has 0 saturated heterocycles. The Kier molecular flexibility index (Phi) is 40.2. The van der Waals surface area contributed by atoms with Crippen LogP contribution in [0.1, 0.15) is 239 Å². The fourth-order valence-electron chi connectivity index (χ4n) is 7.01. The van der Waals surface area contributed by atoms with Crippen LogP contribution in [0.2, 0.25) is 0 Å². The van der Waals surface area contributed by atoms with E-state index in [2.05, 4.69) is 50.4 Å². The minimum atomic E-state index is -0.786. The number of esters is 1. The summed E-state index contributed by atoms with van der Waals surface area (Å²) in [5.74, 6) is -0.488. The van der Waals surface area contributed by atoms with Crippen molar-refractivity contribution in [3.63, 3.8) is 0 Å². The molecule has 0 aromatic carbocycles. The molecular weight excluding hydrogens is 659 g/mol. The smallest absolute Gasteiger partial charge is 0.306 e. The van der Waals surface area contributed by atoms with Crippen LogP contribution in [0.3, 0.4) is 0 Å². The van der Waals surface area contributed by atoms with Gasteiger partial charge >= 0.3 is 5.97 Å². The van der Waals surface area contributed by atoms with Gasteiger partial charge in [0, 0.05) is 6.42 Å². The second-order valence-corrected chi connectivity index (χ2v) is 15.8. The van der Waals surface area contributed by atoms with Gasteiger partial charge in [0.2, 0.25) is 5.91 Å². The number of aliphatic hydroxyl groups is 2. The van der Waals surface area contributed by atoms with Gasteiger partial charge in [0.1, 0.15) is 6.10 Å². The minimum absolute atomic E-state index is 0.0682. The lowest BCUT2D eigenvalue weighted by Crippen LogP contribution is -2.46. The van der Waals surface area contributed by atoms with Crippen molar-refractivity contribution in [2.24, 2.45) is 0 Å². The number of rotatable bonds is 41. The summed E-state index contributed by atoms with van der Waals surface area (Å²) in [4.78, 5) is 26.0.